The average Bonchev–Trinajstić information content (AvgIpc) is 2.57. The number of hydrogen-bond donors (Lipinski definition) is 0. The Morgan fingerprint density at radius 3 is 2.59 bits per heavy atom. The van der Waals surface area contributed by atoms with Gasteiger partial charge in [-0.05, 0) is 13.0 Å². The summed E-state index contributed by atoms with van der Waals surface area (Å²) in [5, 5.41) is 0. The number of nitrogens with zero attached hydrogens (tertiary/aromatic N) is 2. The van der Waals surface area contributed by atoms with Gasteiger partial charge in [0.1, 0.15) is 5.75 Å². The zero-order chi connectivity index (χ0) is 12.6. The first-order chi connectivity index (χ1) is 8.04. The summed E-state index contributed by atoms with van der Waals surface area (Å²) in [6.07, 6.45) is 0. The van der Waals surface area contributed by atoms with Gasteiger partial charge in [-0.25, -0.2) is 4.79 Å². The van der Waals surface area contributed by atoms with E-state index >= 15 is 0 Å². The summed E-state index contributed by atoms with van der Waals surface area (Å²) in [7, 11) is 5.31. The largest absolute Gasteiger partial charge is 0.496 e. The van der Waals surface area contributed by atoms with Gasteiger partial charge in [0.2, 0.25) is 0 Å². The molecule has 0 N–H and O–H groups in total. The first-order valence-electron chi connectivity index (χ1n) is 5.67. The van der Waals surface area contributed by atoms with Crippen molar-refractivity contribution in [2.75, 3.05) is 27.7 Å². The molecule has 2 amide bonds. The van der Waals surface area contributed by atoms with Crippen LogP contribution in [0.3, 0.4) is 0 Å². The predicted octanol–water partition coefficient (Wildman–Crippen LogP) is 2.04. The summed E-state index contributed by atoms with van der Waals surface area (Å²) in [6, 6.07) is 6.19. The lowest BCUT2D eigenvalue weighted by molar-refractivity contribution is 0.201. The lowest BCUT2D eigenvalue weighted by Crippen LogP contribution is -2.26. The van der Waals surface area contributed by atoms with E-state index in [0.717, 1.165) is 11.3 Å². The van der Waals surface area contributed by atoms with E-state index in [0.29, 0.717) is 6.54 Å². The molecular weight excluding hydrogens is 216 g/mol. The Morgan fingerprint density at radius 1 is 1.35 bits per heavy atom. The topological polar surface area (TPSA) is 32.8 Å². The Morgan fingerprint density at radius 2 is 2.06 bits per heavy atom. The second-order valence-corrected chi connectivity index (χ2v) is 4.54. The van der Waals surface area contributed by atoms with Crippen LogP contribution in [-0.4, -0.2) is 43.6 Å². The van der Waals surface area contributed by atoms with E-state index in [2.05, 4.69) is 6.07 Å². The molecule has 1 aliphatic rings. The summed E-state index contributed by atoms with van der Waals surface area (Å²) in [5.74, 6) is 0.843. The molecule has 1 aromatic rings. The molecule has 0 saturated carbocycles. The van der Waals surface area contributed by atoms with Crippen LogP contribution in [-0.2, 0) is 0 Å². The van der Waals surface area contributed by atoms with Crippen molar-refractivity contribution in [2.45, 2.75) is 13.0 Å². The first kappa shape index (κ1) is 11.8. The molecule has 17 heavy (non-hydrogen) atoms. The van der Waals surface area contributed by atoms with Crippen LogP contribution in [0.4, 0.5) is 4.79 Å². The van der Waals surface area contributed by atoms with Crippen LogP contribution < -0.4 is 4.74 Å². The molecule has 1 saturated heterocycles. The molecule has 4 heteroatoms. The van der Waals surface area contributed by atoms with Gasteiger partial charge in [0.25, 0.3) is 0 Å². The Labute approximate surface area is 102 Å². The van der Waals surface area contributed by atoms with Crippen LogP contribution in [0.1, 0.15) is 17.2 Å². The maximum atomic E-state index is 11.8. The van der Waals surface area contributed by atoms with Crippen LogP contribution in [0, 0.1) is 6.92 Å². The molecule has 1 fully saturated rings. The van der Waals surface area contributed by atoms with Crippen molar-refractivity contribution >= 4 is 6.03 Å². The van der Waals surface area contributed by atoms with Gasteiger partial charge < -0.3 is 14.5 Å². The van der Waals surface area contributed by atoms with Gasteiger partial charge >= 0.3 is 6.03 Å². The number of aryl methyl sites for hydroxylation is 1. The number of amides is 2. The lowest BCUT2D eigenvalue weighted by atomic mass is 10.0. The number of carbonyl (C=O) groups excluding carboxylic acids is 1. The fourth-order valence-electron chi connectivity index (χ4n) is 2.28. The van der Waals surface area contributed by atoms with Gasteiger partial charge in [0.15, 0.2) is 0 Å². The van der Waals surface area contributed by atoms with Crippen LogP contribution in [0.15, 0.2) is 18.2 Å². The Balaban J connectivity index is 2.40. The maximum absolute atomic E-state index is 11.8. The van der Waals surface area contributed by atoms with Gasteiger partial charge in [-0.1, -0.05) is 17.7 Å². The average molecular weight is 234 g/mol. The van der Waals surface area contributed by atoms with Crippen molar-refractivity contribution in [1.82, 2.24) is 9.80 Å². The van der Waals surface area contributed by atoms with Gasteiger partial charge in [-0.2, -0.15) is 0 Å². The second kappa shape index (κ2) is 4.28. The number of methoxy groups -OCH3 is 1. The number of ether oxygens (including phenoxy) is 1. The van der Waals surface area contributed by atoms with Crippen LogP contribution in [0.2, 0.25) is 0 Å². The summed E-state index contributed by atoms with van der Waals surface area (Å²) in [4.78, 5) is 15.3. The third-order valence-corrected chi connectivity index (χ3v) is 3.29. The van der Waals surface area contributed by atoms with Crippen LogP contribution in [0.25, 0.3) is 0 Å². The molecule has 92 valence electrons. The number of urea groups is 1. The van der Waals surface area contributed by atoms with Crippen molar-refractivity contribution in [3.8, 4) is 5.75 Å². The van der Waals surface area contributed by atoms with Gasteiger partial charge in [-0.15, -0.1) is 0 Å². The van der Waals surface area contributed by atoms with E-state index in [4.69, 9.17) is 4.74 Å². The quantitative estimate of drug-likeness (QED) is 0.784. The lowest BCUT2D eigenvalue weighted by Gasteiger charge is -2.20. The SMILES string of the molecule is COc1ccc(C)cc1C1CN(C)C(=O)N1C. The predicted molar refractivity (Wildman–Crippen MR) is 66.3 cm³/mol. The highest BCUT2D eigenvalue weighted by Crippen LogP contribution is 2.33. The number of rotatable bonds is 2. The molecule has 1 aromatic carbocycles. The van der Waals surface area contributed by atoms with E-state index in [1.54, 1.807) is 16.9 Å². The van der Waals surface area contributed by atoms with Gasteiger partial charge in [-0.3, -0.25) is 0 Å². The minimum absolute atomic E-state index is 0.0542. The minimum Gasteiger partial charge on any atom is -0.496 e. The van der Waals surface area contributed by atoms with Crippen LogP contribution in [0.5, 0.6) is 5.75 Å². The van der Waals surface area contributed by atoms with Crippen molar-refractivity contribution in [2.24, 2.45) is 0 Å². The molecule has 1 unspecified atom stereocenters. The summed E-state index contributed by atoms with van der Waals surface area (Å²) < 4.78 is 5.38. The normalized spacial score (nSPS) is 20.0. The molecule has 0 bridgehead atoms. The Bertz CT molecular complexity index is 445. The van der Waals surface area contributed by atoms with Crippen molar-refractivity contribution in [1.29, 1.82) is 0 Å². The van der Waals surface area contributed by atoms with Crippen LogP contribution >= 0.6 is 0 Å². The maximum Gasteiger partial charge on any atom is 0.320 e. The monoisotopic (exact) mass is 234 g/mol. The van der Waals surface area contributed by atoms with E-state index in [-0.39, 0.29) is 12.1 Å². The number of carbonyl (C=O) groups is 1. The number of benzene rings is 1. The van der Waals surface area contributed by atoms with Crippen molar-refractivity contribution in [3.63, 3.8) is 0 Å². The summed E-state index contributed by atoms with van der Waals surface area (Å²) in [6.45, 7) is 2.75. The molecular formula is C13H18N2O2. The summed E-state index contributed by atoms with van der Waals surface area (Å²) in [5.41, 5.74) is 2.25. The number of likely N-dealkylation sites (N-methyl/N-ethyl adjacent to an activating group) is 2. The third kappa shape index (κ3) is 1.95. The molecule has 0 spiro atoms. The van der Waals surface area contributed by atoms with Crippen molar-refractivity contribution in [3.05, 3.63) is 29.3 Å². The fraction of sp³-hybridized carbons (Fsp3) is 0.462. The van der Waals surface area contributed by atoms with E-state index in [9.17, 15) is 4.79 Å². The van der Waals surface area contributed by atoms with Crippen molar-refractivity contribution < 1.29 is 9.53 Å². The zero-order valence-electron chi connectivity index (χ0n) is 10.7. The van der Waals surface area contributed by atoms with E-state index in [1.165, 1.54) is 5.56 Å². The van der Waals surface area contributed by atoms with Gasteiger partial charge in [0, 0.05) is 26.2 Å². The standard InChI is InChI=1S/C13H18N2O2/c1-9-5-6-12(17-4)10(7-9)11-8-14(2)13(16)15(11)3/h5-7,11H,8H2,1-4H3. The molecule has 1 aliphatic heterocycles. The third-order valence-electron chi connectivity index (χ3n) is 3.29. The Hall–Kier alpha value is -1.71. The smallest absolute Gasteiger partial charge is 0.320 e. The minimum atomic E-state index is 0.0542. The fourth-order valence-corrected chi connectivity index (χ4v) is 2.28. The molecule has 1 heterocycles. The van der Waals surface area contributed by atoms with Gasteiger partial charge in [0.05, 0.1) is 13.2 Å². The highest BCUT2D eigenvalue weighted by Gasteiger charge is 2.34. The molecule has 0 radical (unpaired) electrons. The first-order valence-corrected chi connectivity index (χ1v) is 5.67. The molecule has 0 aliphatic carbocycles. The zero-order valence-corrected chi connectivity index (χ0v) is 10.7. The summed E-state index contributed by atoms with van der Waals surface area (Å²) >= 11 is 0. The molecule has 4 nitrogen and oxygen atoms in total. The highest BCUT2D eigenvalue weighted by atomic mass is 16.5. The molecule has 2 rings (SSSR count). The second-order valence-electron chi connectivity index (χ2n) is 4.54. The van der Waals surface area contributed by atoms with E-state index < -0.39 is 0 Å². The number of hydrogen-bond acceptors (Lipinski definition) is 2. The van der Waals surface area contributed by atoms with E-state index in [1.807, 2.05) is 33.2 Å². The molecule has 1 atom stereocenters. The highest BCUT2D eigenvalue weighted by molar-refractivity contribution is 5.77. The molecule has 0 aromatic heterocycles. The Kier molecular flexibility index (Phi) is 2.96.